The van der Waals surface area contributed by atoms with Crippen LogP contribution in [0.2, 0.25) is 0 Å². The van der Waals surface area contributed by atoms with Gasteiger partial charge in [-0.25, -0.2) is 0 Å². The number of ether oxygens (including phenoxy) is 4. The van der Waals surface area contributed by atoms with E-state index < -0.39 is 0 Å². The number of hydrogen-bond donors (Lipinski definition) is 1. The molecule has 0 radical (unpaired) electrons. The van der Waals surface area contributed by atoms with Gasteiger partial charge in [0.15, 0.2) is 23.0 Å². The fourth-order valence-corrected chi connectivity index (χ4v) is 3.57. The molecule has 10 heteroatoms. The second kappa shape index (κ2) is 9.61. The minimum absolute atomic E-state index is 0.117. The summed E-state index contributed by atoms with van der Waals surface area (Å²) in [4.78, 5) is 12.1. The highest BCUT2D eigenvalue weighted by Crippen LogP contribution is 2.36. The number of benzene rings is 2. The lowest BCUT2D eigenvalue weighted by Gasteiger charge is -2.10. The first kappa shape index (κ1) is 20.9. The zero-order valence-electron chi connectivity index (χ0n) is 17.0. The van der Waals surface area contributed by atoms with Crippen LogP contribution >= 0.6 is 11.8 Å². The topological polar surface area (TPSA) is 105 Å². The fourth-order valence-electron chi connectivity index (χ4n) is 2.98. The molecule has 0 saturated carbocycles. The SMILES string of the molecule is COc1ccc(CCNC(=O)CSc2nnc(-c3ccc4c(c3)OCO4)o2)cc1OC. The lowest BCUT2D eigenvalue weighted by Crippen LogP contribution is -2.27. The molecule has 0 aliphatic carbocycles. The number of amides is 1. The quantitative estimate of drug-likeness (QED) is 0.500. The molecule has 0 atom stereocenters. The molecule has 2 heterocycles. The normalized spacial score (nSPS) is 11.9. The van der Waals surface area contributed by atoms with Gasteiger partial charge in [-0.05, 0) is 42.3 Å². The fraction of sp³-hybridized carbons (Fsp3) is 0.286. The zero-order chi connectivity index (χ0) is 21.6. The maximum atomic E-state index is 12.1. The first-order chi connectivity index (χ1) is 15.2. The van der Waals surface area contributed by atoms with Gasteiger partial charge in [0.25, 0.3) is 5.22 Å². The summed E-state index contributed by atoms with van der Waals surface area (Å²) in [5.41, 5.74) is 1.76. The standard InChI is InChI=1S/C21H21N3O6S/c1-26-15-5-3-13(9-17(15)27-2)7-8-22-19(25)11-31-21-24-23-20(30-21)14-4-6-16-18(10-14)29-12-28-16/h3-6,9-10H,7-8,11-12H2,1-2H3,(H,22,25). The number of hydrogen-bond acceptors (Lipinski definition) is 9. The number of fused-ring (bicyclic) bond motifs is 1. The molecule has 0 fully saturated rings. The molecule has 0 unspecified atom stereocenters. The smallest absolute Gasteiger partial charge is 0.277 e. The Balaban J connectivity index is 1.24. The molecular weight excluding hydrogens is 422 g/mol. The highest BCUT2D eigenvalue weighted by atomic mass is 32.2. The minimum Gasteiger partial charge on any atom is -0.493 e. The van der Waals surface area contributed by atoms with E-state index >= 15 is 0 Å². The summed E-state index contributed by atoms with van der Waals surface area (Å²) in [6.45, 7) is 0.700. The summed E-state index contributed by atoms with van der Waals surface area (Å²) >= 11 is 1.18. The Bertz CT molecular complexity index is 1070. The molecule has 31 heavy (non-hydrogen) atoms. The number of aromatic nitrogens is 2. The van der Waals surface area contributed by atoms with Crippen molar-refractivity contribution in [2.24, 2.45) is 0 Å². The van der Waals surface area contributed by atoms with Crippen LogP contribution in [0.5, 0.6) is 23.0 Å². The van der Waals surface area contributed by atoms with E-state index in [0.29, 0.717) is 47.1 Å². The van der Waals surface area contributed by atoms with E-state index in [9.17, 15) is 4.79 Å². The van der Waals surface area contributed by atoms with Gasteiger partial charge in [-0.2, -0.15) is 0 Å². The van der Waals surface area contributed by atoms with Crippen molar-refractivity contribution in [2.75, 3.05) is 33.3 Å². The van der Waals surface area contributed by atoms with E-state index in [1.54, 1.807) is 26.4 Å². The number of rotatable bonds is 9. The van der Waals surface area contributed by atoms with E-state index in [0.717, 1.165) is 11.1 Å². The van der Waals surface area contributed by atoms with Crippen LogP contribution < -0.4 is 24.3 Å². The third kappa shape index (κ3) is 5.02. The number of nitrogens with zero attached hydrogens (tertiary/aromatic N) is 2. The molecule has 2 aromatic carbocycles. The second-order valence-corrected chi connectivity index (χ2v) is 7.45. The molecule has 4 rings (SSSR count). The number of methoxy groups -OCH3 is 2. The molecule has 1 aliphatic rings. The van der Waals surface area contributed by atoms with E-state index in [1.165, 1.54) is 11.8 Å². The molecule has 162 valence electrons. The van der Waals surface area contributed by atoms with Crippen molar-refractivity contribution < 1.29 is 28.2 Å². The van der Waals surface area contributed by atoms with Crippen LogP contribution in [0.4, 0.5) is 0 Å². The Morgan fingerprint density at radius 1 is 1.06 bits per heavy atom. The summed E-state index contributed by atoms with van der Waals surface area (Å²) in [5, 5.41) is 11.2. The van der Waals surface area contributed by atoms with Crippen LogP contribution in [-0.2, 0) is 11.2 Å². The number of thioether (sulfide) groups is 1. The van der Waals surface area contributed by atoms with E-state index in [-0.39, 0.29) is 18.5 Å². The third-order valence-corrected chi connectivity index (χ3v) is 5.35. The Morgan fingerprint density at radius 2 is 1.90 bits per heavy atom. The van der Waals surface area contributed by atoms with E-state index in [1.807, 2.05) is 24.3 Å². The van der Waals surface area contributed by atoms with Crippen LogP contribution in [0.25, 0.3) is 11.5 Å². The first-order valence-corrected chi connectivity index (χ1v) is 10.5. The lowest BCUT2D eigenvalue weighted by molar-refractivity contribution is -0.118. The van der Waals surface area contributed by atoms with Crippen molar-refractivity contribution in [2.45, 2.75) is 11.6 Å². The van der Waals surface area contributed by atoms with Gasteiger partial charge in [-0.1, -0.05) is 17.8 Å². The van der Waals surface area contributed by atoms with Gasteiger partial charge in [0, 0.05) is 12.1 Å². The van der Waals surface area contributed by atoms with E-state index in [4.69, 9.17) is 23.4 Å². The van der Waals surface area contributed by atoms with Crippen molar-refractivity contribution >= 4 is 17.7 Å². The van der Waals surface area contributed by atoms with Crippen molar-refractivity contribution in [3.63, 3.8) is 0 Å². The average Bonchev–Trinajstić information content (AvgIpc) is 3.46. The van der Waals surface area contributed by atoms with Gasteiger partial charge < -0.3 is 28.7 Å². The van der Waals surface area contributed by atoms with Crippen LogP contribution in [0, 0.1) is 0 Å². The highest BCUT2D eigenvalue weighted by molar-refractivity contribution is 7.99. The predicted octanol–water partition coefficient (Wildman–Crippen LogP) is 2.93. The zero-order valence-corrected chi connectivity index (χ0v) is 17.9. The lowest BCUT2D eigenvalue weighted by atomic mass is 10.1. The molecule has 0 spiro atoms. The van der Waals surface area contributed by atoms with Gasteiger partial charge in [-0.15, -0.1) is 10.2 Å². The van der Waals surface area contributed by atoms with Crippen molar-refractivity contribution in [1.29, 1.82) is 0 Å². The Morgan fingerprint density at radius 3 is 2.74 bits per heavy atom. The third-order valence-electron chi connectivity index (χ3n) is 4.54. The molecule has 1 aromatic heterocycles. The number of nitrogens with one attached hydrogen (secondary N) is 1. The predicted molar refractivity (Wildman–Crippen MR) is 113 cm³/mol. The molecule has 1 aliphatic heterocycles. The van der Waals surface area contributed by atoms with Crippen molar-refractivity contribution in [1.82, 2.24) is 15.5 Å². The largest absolute Gasteiger partial charge is 0.493 e. The van der Waals surface area contributed by atoms with Crippen LogP contribution in [-0.4, -0.2) is 49.4 Å². The molecule has 0 bridgehead atoms. The van der Waals surface area contributed by atoms with Crippen LogP contribution in [0.3, 0.4) is 0 Å². The monoisotopic (exact) mass is 443 g/mol. The summed E-state index contributed by atoms with van der Waals surface area (Å²) in [5.74, 6) is 3.07. The van der Waals surface area contributed by atoms with E-state index in [2.05, 4.69) is 15.5 Å². The first-order valence-electron chi connectivity index (χ1n) is 9.50. The molecule has 9 nitrogen and oxygen atoms in total. The second-order valence-electron chi connectivity index (χ2n) is 6.52. The highest BCUT2D eigenvalue weighted by Gasteiger charge is 2.17. The average molecular weight is 443 g/mol. The Kier molecular flexibility index (Phi) is 6.46. The van der Waals surface area contributed by atoms with Gasteiger partial charge in [0.05, 0.1) is 20.0 Å². The Hall–Kier alpha value is -3.40. The van der Waals surface area contributed by atoms with Crippen LogP contribution in [0.15, 0.2) is 46.0 Å². The summed E-state index contributed by atoms with van der Waals surface area (Å²) in [7, 11) is 3.19. The van der Waals surface area contributed by atoms with Gasteiger partial charge in [0.1, 0.15) is 0 Å². The molecule has 1 amide bonds. The Labute approximate surface area is 183 Å². The van der Waals surface area contributed by atoms with Gasteiger partial charge >= 0.3 is 0 Å². The summed E-state index contributed by atoms with van der Waals surface area (Å²) < 4.78 is 26.8. The molecule has 0 saturated heterocycles. The number of carbonyl (C=O) groups is 1. The maximum Gasteiger partial charge on any atom is 0.277 e. The maximum absolute atomic E-state index is 12.1. The molecular formula is C21H21N3O6S. The molecule has 3 aromatic rings. The summed E-state index contributed by atoms with van der Waals surface area (Å²) in [6, 6.07) is 11.1. The summed E-state index contributed by atoms with van der Waals surface area (Å²) in [6.07, 6.45) is 0.672. The van der Waals surface area contributed by atoms with Crippen molar-refractivity contribution in [3.8, 4) is 34.5 Å². The van der Waals surface area contributed by atoms with Crippen molar-refractivity contribution in [3.05, 3.63) is 42.0 Å². The number of carbonyl (C=O) groups excluding carboxylic acids is 1. The molecule has 1 N–H and O–H groups in total. The van der Waals surface area contributed by atoms with Crippen LogP contribution in [0.1, 0.15) is 5.56 Å². The van der Waals surface area contributed by atoms with Gasteiger partial charge in [0.2, 0.25) is 18.6 Å². The minimum atomic E-state index is -0.117. The van der Waals surface area contributed by atoms with Gasteiger partial charge in [-0.3, -0.25) is 4.79 Å².